The Morgan fingerprint density at radius 2 is 1.79 bits per heavy atom. The smallest absolute Gasteiger partial charge is 0.269 e. The molecule has 4 rings (SSSR count). The third-order valence-corrected chi connectivity index (χ3v) is 5.34. The molecule has 0 radical (unpaired) electrons. The van der Waals surface area contributed by atoms with E-state index < -0.39 is 4.92 Å². The van der Waals surface area contributed by atoms with E-state index in [1.165, 1.54) is 24.3 Å². The molecule has 0 saturated heterocycles. The Morgan fingerprint density at radius 1 is 1.06 bits per heavy atom. The van der Waals surface area contributed by atoms with Crippen molar-refractivity contribution >= 4 is 35.0 Å². The molecule has 0 aliphatic rings. The van der Waals surface area contributed by atoms with Crippen molar-refractivity contribution in [1.82, 2.24) is 0 Å². The molecule has 0 bridgehead atoms. The number of rotatable bonds is 7. The summed E-state index contributed by atoms with van der Waals surface area (Å²) in [6.07, 6.45) is 2.85. The number of nitrogens with one attached hydrogen (secondary N) is 1. The summed E-state index contributed by atoms with van der Waals surface area (Å²) < 4.78 is 11.3. The molecule has 34 heavy (non-hydrogen) atoms. The molecule has 9 heteroatoms. The van der Waals surface area contributed by atoms with E-state index in [0.717, 1.165) is 5.56 Å². The number of aliphatic hydroxyl groups is 1. The van der Waals surface area contributed by atoms with Gasteiger partial charge in [-0.05, 0) is 67.1 Å². The summed E-state index contributed by atoms with van der Waals surface area (Å²) in [5, 5.41) is 23.2. The van der Waals surface area contributed by atoms with Crippen molar-refractivity contribution in [2.24, 2.45) is 0 Å². The second kappa shape index (κ2) is 9.78. The van der Waals surface area contributed by atoms with E-state index in [1.54, 1.807) is 55.5 Å². The number of nitro groups is 1. The average molecular weight is 479 g/mol. The number of nitrogens with zero attached hydrogens (tertiary/aromatic N) is 1. The highest BCUT2D eigenvalue weighted by Gasteiger charge is 2.13. The van der Waals surface area contributed by atoms with Crippen LogP contribution in [0.3, 0.4) is 0 Å². The molecule has 0 fully saturated rings. The summed E-state index contributed by atoms with van der Waals surface area (Å²) in [6, 6.07) is 16.4. The number of hydrogen-bond donors (Lipinski definition) is 2. The van der Waals surface area contributed by atoms with Crippen LogP contribution < -0.4 is 5.32 Å². The summed E-state index contributed by atoms with van der Waals surface area (Å²) in [6.45, 7) is 1.56. The number of aliphatic hydroxyl groups excluding tert-OH is 1. The molecule has 1 amide bonds. The molecule has 2 N–H and O–H groups in total. The first-order chi connectivity index (χ1) is 16.3. The Kier molecular flexibility index (Phi) is 6.62. The van der Waals surface area contributed by atoms with Crippen molar-refractivity contribution < 1.29 is 23.7 Å². The number of amides is 1. The maximum Gasteiger partial charge on any atom is 0.269 e. The molecule has 2 aromatic carbocycles. The van der Waals surface area contributed by atoms with Gasteiger partial charge in [0.2, 0.25) is 5.91 Å². The van der Waals surface area contributed by atoms with Gasteiger partial charge in [-0.15, -0.1) is 0 Å². The van der Waals surface area contributed by atoms with Crippen LogP contribution in [0.1, 0.15) is 17.1 Å². The second-order valence-electron chi connectivity index (χ2n) is 7.40. The Labute approximate surface area is 199 Å². The largest absolute Gasteiger partial charge is 0.459 e. The van der Waals surface area contributed by atoms with Crippen LogP contribution in [0.4, 0.5) is 11.4 Å². The molecule has 2 aromatic heterocycles. The van der Waals surface area contributed by atoms with Crippen molar-refractivity contribution in [2.75, 3.05) is 5.32 Å². The zero-order valence-corrected chi connectivity index (χ0v) is 18.7. The summed E-state index contributed by atoms with van der Waals surface area (Å²) in [5.41, 5.74) is 2.58. The standard InChI is InChI=1S/C25H19ClN2O6/c1-15-12-17(28(31)32)3-8-20(15)23-9-4-18(33-23)6-11-25(30)27-16-2-7-21(22(26)13-16)24-10-5-19(14-29)34-24/h2-13,29H,14H2,1H3,(H,27,30)/b11-6+. The van der Waals surface area contributed by atoms with Crippen LogP contribution in [-0.4, -0.2) is 15.9 Å². The molecule has 0 saturated carbocycles. The molecule has 0 aliphatic heterocycles. The molecule has 0 aliphatic carbocycles. The van der Waals surface area contributed by atoms with Gasteiger partial charge in [-0.2, -0.15) is 0 Å². The molecule has 172 valence electrons. The number of carbonyl (C=O) groups is 1. The fourth-order valence-corrected chi connectivity index (χ4v) is 3.64. The van der Waals surface area contributed by atoms with E-state index in [0.29, 0.717) is 44.9 Å². The Balaban J connectivity index is 1.42. The lowest BCUT2D eigenvalue weighted by molar-refractivity contribution is -0.384. The molecule has 4 aromatic rings. The van der Waals surface area contributed by atoms with Crippen molar-refractivity contribution in [3.05, 3.63) is 99.0 Å². The van der Waals surface area contributed by atoms with Gasteiger partial charge in [0.1, 0.15) is 29.6 Å². The van der Waals surface area contributed by atoms with Gasteiger partial charge in [-0.1, -0.05) is 11.6 Å². The number of carbonyl (C=O) groups excluding carboxylic acids is 1. The van der Waals surface area contributed by atoms with E-state index in [4.69, 9.17) is 25.5 Å². The highest BCUT2D eigenvalue weighted by molar-refractivity contribution is 6.33. The van der Waals surface area contributed by atoms with Gasteiger partial charge in [0.25, 0.3) is 5.69 Å². The number of halogens is 1. The SMILES string of the molecule is Cc1cc([N+](=O)[O-])ccc1-c1ccc(/C=C/C(=O)Nc2ccc(-c3ccc(CO)o3)c(Cl)c2)o1. The van der Waals surface area contributed by atoms with Crippen molar-refractivity contribution in [2.45, 2.75) is 13.5 Å². The lowest BCUT2D eigenvalue weighted by atomic mass is 10.1. The van der Waals surface area contributed by atoms with E-state index >= 15 is 0 Å². The zero-order valence-electron chi connectivity index (χ0n) is 17.9. The fraction of sp³-hybridized carbons (Fsp3) is 0.0800. The van der Waals surface area contributed by atoms with Gasteiger partial charge >= 0.3 is 0 Å². The van der Waals surface area contributed by atoms with Crippen LogP contribution in [0.5, 0.6) is 0 Å². The van der Waals surface area contributed by atoms with E-state index in [2.05, 4.69) is 5.32 Å². The molecule has 0 spiro atoms. The van der Waals surface area contributed by atoms with E-state index in [-0.39, 0.29) is 18.2 Å². The van der Waals surface area contributed by atoms with Crippen LogP contribution >= 0.6 is 11.6 Å². The quantitative estimate of drug-likeness (QED) is 0.185. The summed E-state index contributed by atoms with van der Waals surface area (Å²) >= 11 is 6.33. The Bertz CT molecular complexity index is 1400. The molecule has 2 heterocycles. The van der Waals surface area contributed by atoms with Gasteiger partial charge in [0, 0.05) is 35.0 Å². The summed E-state index contributed by atoms with van der Waals surface area (Å²) in [4.78, 5) is 22.8. The summed E-state index contributed by atoms with van der Waals surface area (Å²) in [7, 11) is 0. The van der Waals surface area contributed by atoms with Crippen LogP contribution in [0, 0.1) is 17.0 Å². The Morgan fingerprint density at radius 3 is 2.47 bits per heavy atom. The number of hydrogen-bond acceptors (Lipinski definition) is 6. The highest BCUT2D eigenvalue weighted by Crippen LogP contribution is 2.32. The van der Waals surface area contributed by atoms with Gasteiger partial charge in [0.05, 0.1) is 9.95 Å². The van der Waals surface area contributed by atoms with Gasteiger partial charge in [0.15, 0.2) is 0 Å². The third-order valence-electron chi connectivity index (χ3n) is 5.03. The molecular formula is C25H19ClN2O6. The number of benzene rings is 2. The first kappa shape index (κ1) is 23.0. The highest BCUT2D eigenvalue weighted by atomic mass is 35.5. The number of anilines is 1. The fourth-order valence-electron chi connectivity index (χ4n) is 3.37. The Hall–Kier alpha value is -4.14. The number of nitro benzene ring substituents is 1. The monoisotopic (exact) mass is 478 g/mol. The lowest BCUT2D eigenvalue weighted by Gasteiger charge is -2.06. The van der Waals surface area contributed by atoms with Gasteiger partial charge < -0.3 is 19.3 Å². The van der Waals surface area contributed by atoms with Crippen LogP contribution in [0.2, 0.25) is 5.02 Å². The molecule has 8 nitrogen and oxygen atoms in total. The minimum absolute atomic E-state index is 0.0109. The molecular weight excluding hydrogens is 460 g/mol. The third kappa shape index (κ3) is 5.09. The minimum Gasteiger partial charge on any atom is -0.459 e. The number of non-ortho nitro benzene ring substituents is 1. The first-order valence-corrected chi connectivity index (χ1v) is 10.6. The minimum atomic E-state index is -0.448. The van der Waals surface area contributed by atoms with Crippen molar-refractivity contribution in [3.8, 4) is 22.6 Å². The van der Waals surface area contributed by atoms with Crippen molar-refractivity contribution in [3.63, 3.8) is 0 Å². The first-order valence-electron chi connectivity index (χ1n) is 10.2. The average Bonchev–Trinajstić information content (AvgIpc) is 3.47. The van der Waals surface area contributed by atoms with Gasteiger partial charge in [-0.3, -0.25) is 14.9 Å². The maximum atomic E-state index is 12.3. The zero-order chi connectivity index (χ0) is 24.2. The van der Waals surface area contributed by atoms with Crippen molar-refractivity contribution in [1.29, 1.82) is 0 Å². The normalized spacial score (nSPS) is 11.1. The predicted molar refractivity (Wildman–Crippen MR) is 128 cm³/mol. The van der Waals surface area contributed by atoms with Gasteiger partial charge in [-0.25, -0.2) is 0 Å². The molecule has 0 unspecified atom stereocenters. The van der Waals surface area contributed by atoms with E-state index in [9.17, 15) is 14.9 Å². The maximum absolute atomic E-state index is 12.3. The lowest BCUT2D eigenvalue weighted by Crippen LogP contribution is -2.07. The second-order valence-corrected chi connectivity index (χ2v) is 7.81. The predicted octanol–water partition coefficient (Wildman–Crippen LogP) is 6.22. The van der Waals surface area contributed by atoms with Crippen LogP contribution in [-0.2, 0) is 11.4 Å². The van der Waals surface area contributed by atoms with Crippen LogP contribution in [0.25, 0.3) is 28.7 Å². The van der Waals surface area contributed by atoms with E-state index in [1.807, 2.05) is 0 Å². The topological polar surface area (TPSA) is 119 Å². The number of aryl methyl sites for hydroxylation is 1. The molecule has 0 atom stereocenters. The summed E-state index contributed by atoms with van der Waals surface area (Å²) in [5.74, 6) is 1.56. The van der Waals surface area contributed by atoms with Crippen LogP contribution in [0.15, 0.2) is 75.6 Å². The number of furan rings is 2.